The average Bonchev–Trinajstić information content (AvgIpc) is 2.48. The van der Waals surface area contributed by atoms with Crippen molar-refractivity contribution < 1.29 is 4.39 Å². The topological polar surface area (TPSA) is 38.9 Å². The molecule has 11 heavy (non-hydrogen) atoms. The van der Waals surface area contributed by atoms with Gasteiger partial charge < -0.3 is 5.73 Å². The van der Waals surface area contributed by atoms with Gasteiger partial charge >= 0.3 is 0 Å². The summed E-state index contributed by atoms with van der Waals surface area (Å²) in [5, 5.41) is 0.567. The summed E-state index contributed by atoms with van der Waals surface area (Å²) < 4.78 is 12.0. The van der Waals surface area contributed by atoms with Gasteiger partial charge in [0.25, 0.3) is 0 Å². The fraction of sp³-hybridized carbons (Fsp3) is 0.571. The Morgan fingerprint density at radius 3 is 3.00 bits per heavy atom. The maximum Gasteiger partial charge on any atom is 0.141 e. The molecular formula is C7H11FN2S. The highest BCUT2D eigenvalue weighted by Crippen LogP contribution is 2.14. The standard InChI is InChI=1S/C7H11FN2S/c8-4-7-10-5-6(11-7)2-1-3-9/h5H,1-4,9H2. The molecule has 0 aliphatic rings. The minimum Gasteiger partial charge on any atom is -0.330 e. The van der Waals surface area contributed by atoms with Crippen LogP contribution < -0.4 is 5.73 Å². The van der Waals surface area contributed by atoms with E-state index in [9.17, 15) is 4.39 Å². The zero-order valence-electron chi connectivity index (χ0n) is 6.22. The van der Waals surface area contributed by atoms with E-state index in [1.165, 1.54) is 11.3 Å². The van der Waals surface area contributed by atoms with Crippen molar-refractivity contribution in [1.82, 2.24) is 4.98 Å². The van der Waals surface area contributed by atoms with Crippen molar-refractivity contribution in [2.45, 2.75) is 19.5 Å². The molecular weight excluding hydrogens is 163 g/mol. The van der Waals surface area contributed by atoms with E-state index in [1.807, 2.05) is 0 Å². The molecule has 0 aliphatic heterocycles. The summed E-state index contributed by atoms with van der Waals surface area (Å²) >= 11 is 1.43. The summed E-state index contributed by atoms with van der Waals surface area (Å²) in [6.45, 7) is 0.232. The van der Waals surface area contributed by atoms with Gasteiger partial charge in [-0.3, -0.25) is 0 Å². The Kier molecular flexibility index (Phi) is 3.45. The number of aryl methyl sites for hydroxylation is 1. The van der Waals surface area contributed by atoms with E-state index in [2.05, 4.69) is 4.98 Å². The van der Waals surface area contributed by atoms with Gasteiger partial charge in [-0.2, -0.15) is 0 Å². The van der Waals surface area contributed by atoms with Crippen molar-refractivity contribution in [1.29, 1.82) is 0 Å². The van der Waals surface area contributed by atoms with Crippen LogP contribution in [0.4, 0.5) is 4.39 Å². The van der Waals surface area contributed by atoms with Gasteiger partial charge in [0.2, 0.25) is 0 Å². The molecule has 0 radical (unpaired) electrons. The predicted octanol–water partition coefficient (Wildman–Crippen LogP) is 1.50. The number of rotatable bonds is 4. The Labute approximate surface area is 69.3 Å². The molecule has 0 unspecified atom stereocenters. The molecule has 0 fully saturated rings. The fourth-order valence-electron chi connectivity index (χ4n) is 0.802. The number of aromatic nitrogens is 1. The highest BCUT2D eigenvalue weighted by Gasteiger charge is 1.99. The minimum absolute atomic E-state index is 0.451. The third kappa shape index (κ3) is 2.55. The van der Waals surface area contributed by atoms with Crippen LogP contribution in [0.25, 0.3) is 0 Å². The Bertz CT molecular complexity index is 212. The molecule has 1 aromatic rings. The van der Waals surface area contributed by atoms with Crippen LogP contribution in [0.15, 0.2) is 6.20 Å². The van der Waals surface area contributed by atoms with Crippen LogP contribution >= 0.6 is 11.3 Å². The summed E-state index contributed by atoms with van der Waals surface area (Å²) in [4.78, 5) is 5.02. The summed E-state index contributed by atoms with van der Waals surface area (Å²) in [7, 11) is 0. The summed E-state index contributed by atoms with van der Waals surface area (Å²) in [6, 6.07) is 0. The van der Waals surface area contributed by atoms with Crippen molar-refractivity contribution >= 4 is 11.3 Å². The Balaban J connectivity index is 2.44. The van der Waals surface area contributed by atoms with Crippen LogP contribution in [0.3, 0.4) is 0 Å². The van der Waals surface area contributed by atoms with Gasteiger partial charge in [-0.1, -0.05) is 0 Å². The van der Waals surface area contributed by atoms with Crippen LogP contribution in [-0.2, 0) is 13.1 Å². The van der Waals surface area contributed by atoms with Crippen LogP contribution in [0.2, 0.25) is 0 Å². The average molecular weight is 174 g/mol. The van der Waals surface area contributed by atoms with Gasteiger partial charge in [0.1, 0.15) is 11.7 Å². The second-order valence-corrected chi connectivity index (χ2v) is 3.45. The molecule has 1 heterocycles. The van der Waals surface area contributed by atoms with Gasteiger partial charge in [0, 0.05) is 11.1 Å². The lowest BCUT2D eigenvalue weighted by molar-refractivity contribution is 0.483. The third-order valence-electron chi connectivity index (χ3n) is 1.34. The maximum atomic E-state index is 12.0. The van der Waals surface area contributed by atoms with Crippen molar-refractivity contribution in [3.8, 4) is 0 Å². The number of nitrogens with zero attached hydrogens (tertiary/aromatic N) is 1. The molecule has 4 heteroatoms. The van der Waals surface area contributed by atoms with Crippen LogP contribution in [0.5, 0.6) is 0 Å². The van der Waals surface area contributed by atoms with E-state index in [-0.39, 0.29) is 0 Å². The van der Waals surface area contributed by atoms with Crippen LogP contribution in [0.1, 0.15) is 16.3 Å². The molecule has 0 atom stereocenters. The first-order valence-corrected chi connectivity index (χ1v) is 4.38. The zero-order chi connectivity index (χ0) is 8.10. The van der Waals surface area contributed by atoms with Crippen LogP contribution in [0, 0.1) is 0 Å². The number of alkyl halides is 1. The molecule has 2 nitrogen and oxygen atoms in total. The predicted molar refractivity (Wildman–Crippen MR) is 44.3 cm³/mol. The fourth-order valence-corrected chi connectivity index (χ4v) is 1.62. The molecule has 0 saturated heterocycles. The highest BCUT2D eigenvalue weighted by atomic mass is 32.1. The molecule has 0 aliphatic carbocycles. The summed E-state index contributed by atoms with van der Waals surface area (Å²) in [5.41, 5.74) is 5.33. The summed E-state index contributed by atoms with van der Waals surface area (Å²) in [6.07, 6.45) is 3.61. The van der Waals surface area contributed by atoms with Crippen molar-refractivity contribution in [3.63, 3.8) is 0 Å². The molecule has 62 valence electrons. The van der Waals surface area contributed by atoms with E-state index in [0.717, 1.165) is 17.7 Å². The Morgan fingerprint density at radius 1 is 1.64 bits per heavy atom. The van der Waals surface area contributed by atoms with Gasteiger partial charge in [-0.25, -0.2) is 9.37 Å². The molecule has 0 saturated carbocycles. The van der Waals surface area contributed by atoms with Crippen molar-refractivity contribution in [2.75, 3.05) is 6.54 Å². The number of nitrogens with two attached hydrogens (primary N) is 1. The number of thiazole rings is 1. The Hall–Kier alpha value is -0.480. The van der Waals surface area contributed by atoms with E-state index >= 15 is 0 Å². The molecule has 0 aromatic carbocycles. The molecule has 0 amide bonds. The zero-order valence-corrected chi connectivity index (χ0v) is 7.03. The second kappa shape index (κ2) is 4.41. The van der Waals surface area contributed by atoms with E-state index in [4.69, 9.17) is 5.73 Å². The lowest BCUT2D eigenvalue weighted by Crippen LogP contribution is -1.99. The highest BCUT2D eigenvalue weighted by molar-refractivity contribution is 7.11. The van der Waals surface area contributed by atoms with Gasteiger partial charge in [-0.05, 0) is 19.4 Å². The van der Waals surface area contributed by atoms with Crippen LogP contribution in [-0.4, -0.2) is 11.5 Å². The monoisotopic (exact) mass is 174 g/mol. The Morgan fingerprint density at radius 2 is 2.45 bits per heavy atom. The smallest absolute Gasteiger partial charge is 0.141 e. The number of hydrogen-bond donors (Lipinski definition) is 1. The van der Waals surface area contributed by atoms with Gasteiger partial charge in [0.05, 0.1) is 0 Å². The second-order valence-electron chi connectivity index (χ2n) is 2.25. The largest absolute Gasteiger partial charge is 0.330 e. The first-order valence-electron chi connectivity index (χ1n) is 3.56. The third-order valence-corrected chi connectivity index (χ3v) is 2.36. The molecule has 2 N–H and O–H groups in total. The molecule has 0 bridgehead atoms. The first-order chi connectivity index (χ1) is 5.36. The normalized spacial score (nSPS) is 10.4. The van der Waals surface area contributed by atoms with Gasteiger partial charge in [0.15, 0.2) is 0 Å². The summed E-state index contributed by atoms with van der Waals surface area (Å²) in [5.74, 6) is 0. The first kappa shape index (κ1) is 8.62. The van der Waals surface area contributed by atoms with Crippen molar-refractivity contribution in [3.05, 3.63) is 16.1 Å². The molecule has 0 spiro atoms. The van der Waals surface area contributed by atoms with E-state index in [0.29, 0.717) is 11.6 Å². The van der Waals surface area contributed by atoms with E-state index in [1.54, 1.807) is 6.20 Å². The molecule has 1 rings (SSSR count). The van der Waals surface area contributed by atoms with E-state index < -0.39 is 6.67 Å². The lowest BCUT2D eigenvalue weighted by atomic mass is 10.3. The van der Waals surface area contributed by atoms with Crippen molar-refractivity contribution in [2.24, 2.45) is 5.73 Å². The lowest BCUT2D eigenvalue weighted by Gasteiger charge is -1.90. The minimum atomic E-state index is -0.451. The quantitative estimate of drug-likeness (QED) is 0.751. The SMILES string of the molecule is NCCCc1cnc(CF)s1. The number of hydrogen-bond acceptors (Lipinski definition) is 3. The number of halogens is 1. The molecule has 1 aromatic heterocycles. The van der Waals surface area contributed by atoms with Gasteiger partial charge in [-0.15, -0.1) is 11.3 Å². The maximum absolute atomic E-state index is 12.0.